The Morgan fingerprint density at radius 1 is 0.545 bits per heavy atom. The Labute approximate surface area is 130 Å². The number of hydrogen-bond acceptors (Lipinski definition) is 6. The molecule has 0 heterocycles. The first-order valence-electron chi connectivity index (χ1n) is 8.41. The molecule has 10 unspecified atom stereocenters. The smallest absolute Gasteiger partial charge is 0.0833 e. The highest BCUT2D eigenvalue weighted by Crippen LogP contribution is 2.49. The van der Waals surface area contributed by atoms with E-state index in [9.17, 15) is 20.4 Å². The Balaban J connectivity index is 0.000000131. The molecule has 0 spiro atoms. The first kappa shape index (κ1) is 16.6. The lowest BCUT2D eigenvalue weighted by Gasteiger charge is -2.28. The highest BCUT2D eigenvalue weighted by Gasteiger charge is 2.51. The Bertz CT molecular complexity index is 343. The van der Waals surface area contributed by atoms with E-state index in [0.717, 1.165) is 25.7 Å². The highest BCUT2D eigenvalue weighted by molar-refractivity contribution is 5.01. The lowest BCUT2D eigenvalue weighted by molar-refractivity contribution is -0.0420. The average Bonchev–Trinajstić information content (AvgIpc) is 3.25. The lowest BCUT2D eigenvalue weighted by Crippen LogP contribution is -2.37. The largest absolute Gasteiger partial charge is 0.396 e. The molecule has 4 aliphatic carbocycles. The van der Waals surface area contributed by atoms with Gasteiger partial charge in [-0.15, -0.1) is 0 Å². The Morgan fingerprint density at radius 2 is 0.909 bits per heavy atom. The fraction of sp³-hybridized carbons (Fsp3) is 1.00. The molecule has 0 aromatic heterocycles. The molecule has 10 atom stereocenters. The van der Waals surface area contributed by atoms with E-state index in [0.29, 0.717) is 0 Å². The van der Waals surface area contributed by atoms with Crippen LogP contribution in [0.2, 0.25) is 0 Å². The second-order valence-corrected chi connectivity index (χ2v) is 7.64. The average molecular weight is 316 g/mol. The van der Waals surface area contributed by atoms with Crippen LogP contribution in [0.25, 0.3) is 0 Å². The van der Waals surface area contributed by atoms with Gasteiger partial charge in [-0.05, 0) is 61.2 Å². The van der Waals surface area contributed by atoms with Gasteiger partial charge in [0.25, 0.3) is 0 Å². The lowest BCUT2D eigenvalue weighted by atomic mass is 9.86. The van der Waals surface area contributed by atoms with E-state index in [2.05, 4.69) is 0 Å². The summed E-state index contributed by atoms with van der Waals surface area (Å²) in [5.41, 5.74) is 0. The van der Waals surface area contributed by atoms with Crippen molar-refractivity contribution >= 4 is 0 Å². The number of aliphatic hydroxyl groups excluding tert-OH is 6. The third kappa shape index (κ3) is 2.60. The summed E-state index contributed by atoms with van der Waals surface area (Å²) < 4.78 is 0. The molecule has 22 heavy (non-hydrogen) atoms. The van der Waals surface area contributed by atoms with E-state index in [-0.39, 0.29) is 48.7 Å². The van der Waals surface area contributed by atoms with Crippen molar-refractivity contribution in [1.29, 1.82) is 0 Å². The van der Waals surface area contributed by atoms with Crippen molar-refractivity contribution in [1.82, 2.24) is 0 Å². The molecule has 6 N–H and O–H groups in total. The normalized spacial score (nSPS) is 55.4. The van der Waals surface area contributed by atoms with Gasteiger partial charge in [-0.25, -0.2) is 0 Å². The van der Waals surface area contributed by atoms with E-state index in [1.165, 1.54) is 0 Å². The zero-order chi connectivity index (χ0) is 16.0. The van der Waals surface area contributed by atoms with E-state index in [4.69, 9.17) is 10.2 Å². The second-order valence-electron chi connectivity index (χ2n) is 7.64. The zero-order valence-corrected chi connectivity index (χ0v) is 12.7. The van der Waals surface area contributed by atoms with Gasteiger partial charge in [-0.3, -0.25) is 0 Å². The summed E-state index contributed by atoms with van der Waals surface area (Å²) in [4.78, 5) is 0. The van der Waals surface area contributed by atoms with Crippen molar-refractivity contribution in [3.8, 4) is 0 Å². The maximum absolute atomic E-state index is 9.43. The first-order chi connectivity index (χ1) is 10.5. The molecule has 0 radical (unpaired) electrons. The molecule has 4 saturated carbocycles. The van der Waals surface area contributed by atoms with E-state index >= 15 is 0 Å². The monoisotopic (exact) mass is 316 g/mol. The third-order valence-electron chi connectivity index (χ3n) is 6.58. The van der Waals surface area contributed by atoms with Crippen molar-refractivity contribution in [2.45, 2.75) is 50.1 Å². The van der Waals surface area contributed by atoms with Crippen LogP contribution in [-0.4, -0.2) is 68.3 Å². The highest BCUT2D eigenvalue weighted by atomic mass is 16.3. The third-order valence-corrected chi connectivity index (χ3v) is 6.58. The van der Waals surface area contributed by atoms with Gasteiger partial charge in [-0.1, -0.05) is 0 Å². The van der Waals surface area contributed by atoms with Crippen molar-refractivity contribution in [2.24, 2.45) is 35.5 Å². The molecule has 6 heteroatoms. The summed E-state index contributed by atoms with van der Waals surface area (Å²) >= 11 is 0. The predicted molar refractivity (Wildman–Crippen MR) is 77.6 cm³/mol. The van der Waals surface area contributed by atoms with Gasteiger partial charge in [0.05, 0.1) is 24.4 Å². The molecule has 128 valence electrons. The SMILES string of the molecule is OCC1CC2CC1C(O)C2O.OCC1CC2CC1C(O)C2O. The van der Waals surface area contributed by atoms with Crippen molar-refractivity contribution in [3.63, 3.8) is 0 Å². The molecule has 6 nitrogen and oxygen atoms in total. The van der Waals surface area contributed by atoms with Crippen molar-refractivity contribution in [3.05, 3.63) is 0 Å². The minimum atomic E-state index is -0.578. The van der Waals surface area contributed by atoms with Gasteiger partial charge in [0.2, 0.25) is 0 Å². The minimum absolute atomic E-state index is 0.153. The first-order valence-corrected chi connectivity index (χ1v) is 8.41. The van der Waals surface area contributed by atoms with Gasteiger partial charge in [0.15, 0.2) is 0 Å². The number of rotatable bonds is 2. The molecule has 4 bridgehead atoms. The molecular weight excluding hydrogens is 288 g/mol. The van der Waals surface area contributed by atoms with Gasteiger partial charge in [0, 0.05) is 13.2 Å². The predicted octanol–water partition coefficient (Wildman–Crippen LogP) is -1.29. The zero-order valence-electron chi connectivity index (χ0n) is 12.7. The van der Waals surface area contributed by atoms with Crippen LogP contribution in [0.15, 0.2) is 0 Å². The molecule has 0 aromatic rings. The van der Waals surface area contributed by atoms with Gasteiger partial charge in [-0.2, -0.15) is 0 Å². The van der Waals surface area contributed by atoms with E-state index in [1.54, 1.807) is 0 Å². The molecule has 0 amide bonds. The van der Waals surface area contributed by atoms with Gasteiger partial charge < -0.3 is 30.6 Å². The molecule has 4 aliphatic rings. The van der Waals surface area contributed by atoms with Crippen LogP contribution in [0.1, 0.15) is 25.7 Å². The summed E-state index contributed by atoms with van der Waals surface area (Å²) in [5.74, 6) is 1.26. The second kappa shape index (κ2) is 6.34. The Morgan fingerprint density at radius 3 is 1.14 bits per heavy atom. The van der Waals surface area contributed by atoms with E-state index < -0.39 is 24.4 Å². The Hall–Kier alpha value is -0.240. The fourth-order valence-electron chi connectivity index (χ4n) is 5.28. The summed E-state index contributed by atoms with van der Waals surface area (Å²) in [5, 5.41) is 55.4. The number of fused-ring (bicyclic) bond motifs is 4. The van der Waals surface area contributed by atoms with Gasteiger partial charge in [0.1, 0.15) is 0 Å². The van der Waals surface area contributed by atoms with Crippen LogP contribution in [-0.2, 0) is 0 Å². The standard InChI is InChI=1S/2C8H14O3/c2*9-3-5-1-4-2-6(5)8(11)7(4)10/h2*4-11H,1-3H2. The minimum Gasteiger partial charge on any atom is -0.396 e. The van der Waals surface area contributed by atoms with Gasteiger partial charge >= 0.3 is 0 Å². The van der Waals surface area contributed by atoms with Crippen LogP contribution >= 0.6 is 0 Å². The summed E-state index contributed by atoms with van der Waals surface area (Å²) in [7, 11) is 0. The quantitative estimate of drug-likeness (QED) is 0.377. The van der Waals surface area contributed by atoms with E-state index in [1.807, 2.05) is 0 Å². The molecular formula is C16H28O6. The molecule has 4 rings (SSSR count). The molecule has 0 saturated heterocycles. The Kier molecular flexibility index (Phi) is 4.79. The maximum atomic E-state index is 9.43. The van der Waals surface area contributed by atoms with Crippen LogP contribution in [0.4, 0.5) is 0 Å². The van der Waals surface area contributed by atoms with Crippen LogP contribution in [0.5, 0.6) is 0 Å². The van der Waals surface area contributed by atoms with Crippen LogP contribution < -0.4 is 0 Å². The summed E-state index contributed by atoms with van der Waals surface area (Å²) in [6.45, 7) is 0.315. The molecule has 0 aromatic carbocycles. The summed E-state index contributed by atoms with van der Waals surface area (Å²) in [6, 6.07) is 0. The topological polar surface area (TPSA) is 121 Å². The fourth-order valence-corrected chi connectivity index (χ4v) is 5.28. The number of aliphatic hydroxyl groups is 6. The van der Waals surface area contributed by atoms with Crippen molar-refractivity contribution < 1.29 is 30.6 Å². The van der Waals surface area contributed by atoms with Crippen LogP contribution in [0.3, 0.4) is 0 Å². The maximum Gasteiger partial charge on any atom is 0.0833 e. The molecule has 4 fully saturated rings. The van der Waals surface area contributed by atoms with Crippen molar-refractivity contribution in [2.75, 3.05) is 13.2 Å². The molecule has 0 aliphatic heterocycles. The van der Waals surface area contributed by atoms with Crippen LogP contribution in [0, 0.1) is 35.5 Å². The number of hydrogen-bond donors (Lipinski definition) is 6. The summed E-state index contributed by atoms with van der Waals surface area (Å²) in [6.07, 6.45) is 1.36.